The van der Waals surface area contributed by atoms with Crippen LogP contribution < -0.4 is 0 Å². The van der Waals surface area contributed by atoms with Crippen LogP contribution >= 0.6 is 0 Å². The van der Waals surface area contributed by atoms with Crippen molar-refractivity contribution < 1.29 is 24.1 Å². The largest absolute Gasteiger partial charge is 0.458 e. The zero-order valence-electron chi connectivity index (χ0n) is 7.14. The van der Waals surface area contributed by atoms with Crippen molar-refractivity contribution in [1.29, 1.82) is 0 Å². The molecule has 2 saturated heterocycles. The van der Waals surface area contributed by atoms with Gasteiger partial charge in [-0.25, -0.2) is 4.79 Å². The Morgan fingerprint density at radius 2 is 2.38 bits per heavy atom. The fourth-order valence-corrected chi connectivity index (χ4v) is 1.75. The number of hydrogen-bond acceptors (Lipinski definition) is 5. The van der Waals surface area contributed by atoms with Crippen LogP contribution in [0.5, 0.6) is 0 Å². The lowest BCUT2D eigenvalue weighted by atomic mass is 10.0. The predicted octanol–water partition coefficient (Wildman–Crippen LogP) is -0.717. The van der Waals surface area contributed by atoms with Gasteiger partial charge in [-0.2, -0.15) is 0 Å². The molecule has 2 heterocycles. The molecular weight excluding hydrogens is 176 g/mol. The van der Waals surface area contributed by atoms with Crippen molar-refractivity contribution in [3.63, 3.8) is 0 Å². The Bertz CT molecular complexity index is 205. The lowest BCUT2D eigenvalue weighted by Crippen LogP contribution is -2.27. The SMILES string of the molecule is O=C(CO)OC1COC2OCCC12. The van der Waals surface area contributed by atoms with E-state index in [1.165, 1.54) is 0 Å². The predicted molar refractivity (Wildman–Crippen MR) is 40.8 cm³/mol. The summed E-state index contributed by atoms with van der Waals surface area (Å²) >= 11 is 0. The first-order valence-electron chi connectivity index (χ1n) is 4.35. The van der Waals surface area contributed by atoms with Crippen LogP contribution in [0.3, 0.4) is 0 Å². The molecule has 0 aromatic heterocycles. The zero-order chi connectivity index (χ0) is 9.26. The van der Waals surface area contributed by atoms with Gasteiger partial charge in [-0.05, 0) is 6.42 Å². The molecule has 3 atom stereocenters. The van der Waals surface area contributed by atoms with Crippen LogP contribution in [-0.4, -0.2) is 43.3 Å². The van der Waals surface area contributed by atoms with Gasteiger partial charge >= 0.3 is 5.97 Å². The van der Waals surface area contributed by atoms with Gasteiger partial charge in [-0.15, -0.1) is 0 Å². The number of carbonyl (C=O) groups is 1. The molecule has 0 aromatic carbocycles. The highest BCUT2D eigenvalue weighted by molar-refractivity contribution is 5.70. The highest BCUT2D eigenvalue weighted by Gasteiger charge is 2.43. The Kier molecular flexibility index (Phi) is 2.48. The number of esters is 1. The van der Waals surface area contributed by atoms with Crippen molar-refractivity contribution in [3.8, 4) is 0 Å². The summed E-state index contributed by atoms with van der Waals surface area (Å²) in [6, 6.07) is 0. The monoisotopic (exact) mass is 188 g/mol. The molecule has 0 aliphatic carbocycles. The Labute approximate surface area is 75.6 Å². The molecule has 2 aliphatic heterocycles. The van der Waals surface area contributed by atoms with Gasteiger partial charge in [0.25, 0.3) is 0 Å². The first-order chi connectivity index (χ1) is 6.31. The maximum atomic E-state index is 10.8. The maximum absolute atomic E-state index is 10.8. The van der Waals surface area contributed by atoms with Crippen LogP contribution in [0.1, 0.15) is 6.42 Å². The van der Waals surface area contributed by atoms with Crippen LogP contribution in [0.25, 0.3) is 0 Å². The summed E-state index contributed by atoms with van der Waals surface area (Å²) in [7, 11) is 0. The molecule has 0 bridgehead atoms. The van der Waals surface area contributed by atoms with Gasteiger partial charge in [0.05, 0.1) is 19.1 Å². The Balaban J connectivity index is 1.90. The molecule has 13 heavy (non-hydrogen) atoms. The highest BCUT2D eigenvalue weighted by atomic mass is 16.7. The van der Waals surface area contributed by atoms with E-state index in [0.29, 0.717) is 13.2 Å². The smallest absolute Gasteiger partial charge is 0.332 e. The molecule has 0 radical (unpaired) electrons. The van der Waals surface area contributed by atoms with E-state index in [1.54, 1.807) is 0 Å². The van der Waals surface area contributed by atoms with E-state index >= 15 is 0 Å². The Morgan fingerprint density at radius 1 is 1.54 bits per heavy atom. The van der Waals surface area contributed by atoms with Crippen molar-refractivity contribution in [2.24, 2.45) is 5.92 Å². The number of ether oxygens (including phenoxy) is 3. The average Bonchev–Trinajstić information content (AvgIpc) is 2.69. The molecule has 0 amide bonds. The lowest BCUT2D eigenvalue weighted by molar-refractivity contribution is -0.154. The molecule has 0 saturated carbocycles. The number of carbonyl (C=O) groups excluding carboxylic acids is 1. The van der Waals surface area contributed by atoms with Gasteiger partial charge in [-0.3, -0.25) is 0 Å². The first kappa shape index (κ1) is 8.93. The third-order valence-electron chi connectivity index (χ3n) is 2.40. The van der Waals surface area contributed by atoms with Crippen LogP contribution in [-0.2, 0) is 19.0 Å². The standard InChI is InChI=1S/C8H12O5/c9-3-7(10)13-6-4-12-8-5(6)1-2-11-8/h5-6,8-9H,1-4H2. The summed E-state index contributed by atoms with van der Waals surface area (Å²) in [6.07, 6.45) is 0.400. The van der Waals surface area contributed by atoms with Crippen molar-refractivity contribution in [2.45, 2.75) is 18.8 Å². The topological polar surface area (TPSA) is 65.0 Å². The van der Waals surface area contributed by atoms with Crippen molar-refractivity contribution in [1.82, 2.24) is 0 Å². The van der Waals surface area contributed by atoms with Gasteiger partial charge < -0.3 is 19.3 Å². The molecular formula is C8H12O5. The molecule has 3 unspecified atom stereocenters. The number of rotatable bonds is 2. The van der Waals surface area contributed by atoms with Crippen LogP contribution in [0, 0.1) is 5.92 Å². The summed E-state index contributed by atoms with van der Waals surface area (Å²) in [5, 5.41) is 8.49. The molecule has 1 N–H and O–H groups in total. The number of fused-ring (bicyclic) bond motifs is 1. The van der Waals surface area contributed by atoms with E-state index in [2.05, 4.69) is 0 Å². The van der Waals surface area contributed by atoms with E-state index in [-0.39, 0.29) is 18.3 Å². The number of aliphatic hydroxyl groups excluding tert-OH is 1. The minimum Gasteiger partial charge on any atom is -0.458 e. The second kappa shape index (κ2) is 3.61. The summed E-state index contributed by atoms with van der Waals surface area (Å²) in [6.45, 7) is 0.457. The van der Waals surface area contributed by atoms with Gasteiger partial charge in [0, 0.05) is 0 Å². The van der Waals surface area contributed by atoms with Gasteiger partial charge in [0.1, 0.15) is 12.7 Å². The molecule has 2 aliphatic rings. The zero-order valence-corrected chi connectivity index (χ0v) is 7.14. The summed E-state index contributed by atoms with van der Waals surface area (Å²) in [5.41, 5.74) is 0. The van der Waals surface area contributed by atoms with E-state index in [9.17, 15) is 4.79 Å². The Morgan fingerprint density at radius 3 is 3.15 bits per heavy atom. The first-order valence-corrected chi connectivity index (χ1v) is 4.35. The van der Waals surface area contributed by atoms with Gasteiger partial charge in [0.2, 0.25) is 0 Å². The highest BCUT2D eigenvalue weighted by Crippen LogP contribution is 2.32. The van der Waals surface area contributed by atoms with Gasteiger partial charge in [0.15, 0.2) is 6.29 Å². The second-order valence-electron chi connectivity index (χ2n) is 3.21. The minimum atomic E-state index is -0.596. The lowest BCUT2D eigenvalue weighted by Gasteiger charge is -2.14. The molecule has 0 spiro atoms. The van der Waals surface area contributed by atoms with Crippen LogP contribution in [0.4, 0.5) is 0 Å². The molecule has 2 rings (SSSR count). The number of aliphatic hydroxyl groups is 1. The normalized spacial score (nSPS) is 37.5. The van der Waals surface area contributed by atoms with Crippen LogP contribution in [0.2, 0.25) is 0 Å². The molecule has 5 nitrogen and oxygen atoms in total. The molecule has 0 aromatic rings. The quantitative estimate of drug-likeness (QED) is 0.579. The maximum Gasteiger partial charge on any atom is 0.332 e. The van der Waals surface area contributed by atoms with E-state index < -0.39 is 12.6 Å². The third-order valence-corrected chi connectivity index (χ3v) is 2.40. The summed E-state index contributed by atoms with van der Waals surface area (Å²) < 4.78 is 15.5. The molecule has 5 heteroatoms. The fourth-order valence-electron chi connectivity index (χ4n) is 1.75. The average molecular weight is 188 g/mol. The molecule has 2 fully saturated rings. The third kappa shape index (κ3) is 1.67. The second-order valence-corrected chi connectivity index (χ2v) is 3.21. The van der Waals surface area contributed by atoms with E-state index in [1.807, 2.05) is 0 Å². The summed E-state index contributed by atoms with van der Waals surface area (Å²) in [4.78, 5) is 10.8. The van der Waals surface area contributed by atoms with Crippen molar-refractivity contribution in [3.05, 3.63) is 0 Å². The van der Waals surface area contributed by atoms with E-state index in [4.69, 9.17) is 19.3 Å². The Hall–Kier alpha value is -0.650. The minimum absolute atomic E-state index is 0.149. The molecule has 74 valence electrons. The number of hydrogen-bond donors (Lipinski definition) is 1. The van der Waals surface area contributed by atoms with Crippen molar-refractivity contribution in [2.75, 3.05) is 19.8 Å². The van der Waals surface area contributed by atoms with Crippen molar-refractivity contribution >= 4 is 5.97 Å². The fraction of sp³-hybridized carbons (Fsp3) is 0.875. The summed E-state index contributed by atoms with van der Waals surface area (Å²) in [5.74, 6) is -0.448. The van der Waals surface area contributed by atoms with Gasteiger partial charge in [-0.1, -0.05) is 0 Å². The van der Waals surface area contributed by atoms with Crippen LogP contribution in [0.15, 0.2) is 0 Å². The van der Waals surface area contributed by atoms with E-state index in [0.717, 1.165) is 6.42 Å².